The number of amides is 2. The number of ether oxygens (including phenoxy) is 1. The van der Waals surface area contributed by atoms with Gasteiger partial charge >= 0.3 is 0 Å². The van der Waals surface area contributed by atoms with E-state index in [0.717, 1.165) is 49.1 Å². The number of nitrogens with zero attached hydrogens (tertiary/aromatic N) is 1. The van der Waals surface area contributed by atoms with E-state index in [2.05, 4.69) is 35.4 Å². The maximum atomic E-state index is 13.1. The Bertz CT molecular complexity index is 922. The van der Waals surface area contributed by atoms with E-state index < -0.39 is 6.04 Å². The molecule has 2 amide bonds. The summed E-state index contributed by atoms with van der Waals surface area (Å²) in [6.07, 6.45) is 1.27. The van der Waals surface area contributed by atoms with Gasteiger partial charge in [-0.1, -0.05) is 70.2 Å². The standard InChI is InChI=1S/C27H39N3O3/c1-19(2)15-24(30-11-13-33-14-12-30)18-28-27(32)26(20(3)4)29-25(31)17-21-9-10-22-7-5-6-8-23(22)16-21/h5-10,16,19-20,24,26H,11-15,17-18H2,1-4H3,(H,28,32)(H,29,31). The van der Waals surface area contributed by atoms with E-state index in [0.29, 0.717) is 12.5 Å². The molecule has 1 heterocycles. The van der Waals surface area contributed by atoms with Crippen molar-refractivity contribution in [1.82, 2.24) is 15.5 Å². The van der Waals surface area contributed by atoms with Crippen LogP contribution in [0.5, 0.6) is 0 Å². The molecule has 1 saturated heterocycles. The highest BCUT2D eigenvalue weighted by atomic mass is 16.5. The summed E-state index contributed by atoms with van der Waals surface area (Å²) in [6, 6.07) is 13.9. The molecule has 33 heavy (non-hydrogen) atoms. The first-order valence-electron chi connectivity index (χ1n) is 12.2. The molecule has 3 rings (SSSR count). The lowest BCUT2D eigenvalue weighted by Gasteiger charge is -2.36. The number of carbonyl (C=O) groups excluding carboxylic acids is 2. The molecule has 0 spiro atoms. The number of benzene rings is 2. The number of hydrogen-bond acceptors (Lipinski definition) is 4. The zero-order valence-electron chi connectivity index (χ0n) is 20.5. The predicted octanol–water partition coefficient (Wildman–Crippen LogP) is 3.39. The van der Waals surface area contributed by atoms with Crippen LogP contribution in [-0.2, 0) is 20.7 Å². The molecule has 0 saturated carbocycles. The van der Waals surface area contributed by atoms with Gasteiger partial charge in [0.05, 0.1) is 19.6 Å². The molecular weight excluding hydrogens is 414 g/mol. The third-order valence-electron chi connectivity index (χ3n) is 6.26. The molecule has 2 aromatic rings. The van der Waals surface area contributed by atoms with Crippen LogP contribution in [0.15, 0.2) is 42.5 Å². The molecule has 2 atom stereocenters. The first kappa shape index (κ1) is 25.2. The zero-order valence-corrected chi connectivity index (χ0v) is 20.5. The summed E-state index contributed by atoms with van der Waals surface area (Å²) in [4.78, 5) is 28.2. The van der Waals surface area contributed by atoms with E-state index in [1.165, 1.54) is 0 Å². The lowest BCUT2D eigenvalue weighted by Crippen LogP contribution is -2.54. The smallest absolute Gasteiger partial charge is 0.242 e. The van der Waals surface area contributed by atoms with Gasteiger partial charge in [-0.2, -0.15) is 0 Å². The van der Waals surface area contributed by atoms with Crippen LogP contribution in [0.3, 0.4) is 0 Å². The van der Waals surface area contributed by atoms with Gasteiger partial charge in [-0.15, -0.1) is 0 Å². The summed E-state index contributed by atoms with van der Waals surface area (Å²) in [7, 11) is 0. The average molecular weight is 454 g/mol. The minimum Gasteiger partial charge on any atom is -0.379 e. The molecular formula is C27H39N3O3. The van der Waals surface area contributed by atoms with Crippen molar-refractivity contribution in [1.29, 1.82) is 0 Å². The van der Waals surface area contributed by atoms with Crippen LogP contribution in [0.2, 0.25) is 0 Å². The van der Waals surface area contributed by atoms with Crippen molar-refractivity contribution in [2.45, 2.75) is 52.6 Å². The lowest BCUT2D eigenvalue weighted by atomic mass is 10.00. The number of fused-ring (bicyclic) bond motifs is 1. The summed E-state index contributed by atoms with van der Waals surface area (Å²) in [5.41, 5.74) is 0.943. The summed E-state index contributed by atoms with van der Waals surface area (Å²) >= 11 is 0. The number of nitrogens with one attached hydrogen (secondary N) is 2. The predicted molar refractivity (Wildman–Crippen MR) is 133 cm³/mol. The van der Waals surface area contributed by atoms with E-state index >= 15 is 0 Å². The average Bonchev–Trinajstić information content (AvgIpc) is 2.80. The van der Waals surface area contributed by atoms with Gasteiger partial charge in [0.25, 0.3) is 0 Å². The van der Waals surface area contributed by atoms with Crippen molar-refractivity contribution in [2.75, 3.05) is 32.8 Å². The minimum absolute atomic E-state index is 0.00233. The van der Waals surface area contributed by atoms with E-state index in [1.54, 1.807) is 0 Å². The maximum Gasteiger partial charge on any atom is 0.242 e. The molecule has 0 bridgehead atoms. The molecule has 0 radical (unpaired) electrons. The highest BCUT2D eigenvalue weighted by Crippen LogP contribution is 2.16. The van der Waals surface area contributed by atoms with Gasteiger partial charge in [-0.25, -0.2) is 0 Å². The quantitative estimate of drug-likeness (QED) is 0.579. The lowest BCUT2D eigenvalue weighted by molar-refractivity contribution is -0.130. The van der Waals surface area contributed by atoms with Gasteiger partial charge in [0.2, 0.25) is 11.8 Å². The van der Waals surface area contributed by atoms with Gasteiger partial charge in [0.15, 0.2) is 0 Å². The maximum absolute atomic E-state index is 13.1. The van der Waals surface area contributed by atoms with Gasteiger partial charge in [-0.3, -0.25) is 14.5 Å². The molecule has 1 aliphatic heterocycles. The molecule has 6 heteroatoms. The van der Waals surface area contributed by atoms with Crippen LogP contribution in [0.4, 0.5) is 0 Å². The van der Waals surface area contributed by atoms with E-state index in [-0.39, 0.29) is 30.2 Å². The highest BCUT2D eigenvalue weighted by Gasteiger charge is 2.27. The monoisotopic (exact) mass is 453 g/mol. The van der Waals surface area contributed by atoms with Crippen molar-refractivity contribution in [3.8, 4) is 0 Å². The van der Waals surface area contributed by atoms with Gasteiger partial charge in [0.1, 0.15) is 6.04 Å². The molecule has 2 N–H and O–H groups in total. The largest absolute Gasteiger partial charge is 0.379 e. The van der Waals surface area contributed by atoms with Gasteiger partial charge < -0.3 is 15.4 Å². The van der Waals surface area contributed by atoms with Crippen LogP contribution in [0.25, 0.3) is 10.8 Å². The molecule has 2 unspecified atom stereocenters. The van der Waals surface area contributed by atoms with E-state index in [4.69, 9.17) is 4.74 Å². The minimum atomic E-state index is -0.553. The fourth-order valence-corrected chi connectivity index (χ4v) is 4.47. The Kier molecular flexibility index (Phi) is 9.27. The second-order valence-electron chi connectivity index (χ2n) is 9.82. The molecule has 1 aliphatic rings. The van der Waals surface area contributed by atoms with Crippen LogP contribution in [-0.4, -0.2) is 61.6 Å². The van der Waals surface area contributed by atoms with Crippen LogP contribution in [0, 0.1) is 11.8 Å². The molecule has 2 aromatic carbocycles. The van der Waals surface area contributed by atoms with Crippen molar-refractivity contribution >= 4 is 22.6 Å². The Morgan fingerprint density at radius 2 is 1.70 bits per heavy atom. The van der Waals surface area contributed by atoms with Crippen LogP contribution in [0.1, 0.15) is 39.7 Å². The Morgan fingerprint density at radius 3 is 2.36 bits per heavy atom. The summed E-state index contributed by atoms with van der Waals surface area (Å²) in [5, 5.41) is 8.36. The third-order valence-corrected chi connectivity index (χ3v) is 6.26. The normalized spacial score (nSPS) is 16.7. The molecule has 6 nitrogen and oxygen atoms in total. The summed E-state index contributed by atoms with van der Waals surface area (Å²) in [6.45, 7) is 12.2. The fraction of sp³-hybridized carbons (Fsp3) is 0.556. The topological polar surface area (TPSA) is 70.7 Å². The number of carbonyl (C=O) groups is 2. The van der Waals surface area contributed by atoms with Crippen molar-refractivity contribution in [3.63, 3.8) is 0 Å². The molecule has 0 aromatic heterocycles. The molecule has 0 aliphatic carbocycles. The Hall–Kier alpha value is -2.44. The Morgan fingerprint density at radius 1 is 1.00 bits per heavy atom. The summed E-state index contributed by atoms with van der Waals surface area (Å²) in [5.74, 6) is 0.291. The van der Waals surface area contributed by atoms with Crippen molar-refractivity contribution in [2.24, 2.45) is 11.8 Å². The van der Waals surface area contributed by atoms with Crippen LogP contribution < -0.4 is 10.6 Å². The summed E-state index contributed by atoms with van der Waals surface area (Å²) < 4.78 is 5.49. The third kappa shape index (κ3) is 7.54. The number of morpholine rings is 1. The first-order valence-corrected chi connectivity index (χ1v) is 12.2. The van der Waals surface area contributed by atoms with E-state index in [9.17, 15) is 9.59 Å². The van der Waals surface area contributed by atoms with E-state index in [1.807, 2.05) is 50.2 Å². The highest BCUT2D eigenvalue weighted by molar-refractivity contribution is 5.89. The zero-order chi connectivity index (χ0) is 23.8. The number of hydrogen-bond donors (Lipinski definition) is 2. The Labute approximate surface area is 198 Å². The molecule has 1 fully saturated rings. The number of rotatable bonds is 10. The second kappa shape index (κ2) is 12.1. The fourth-order valence-electron chi connectivity index (χ4n) is 4.47. The van der Waals surface area contributed by atoms with Gasteiger partial charge in [-0.05, 0) is 34.6 Å². The molecule has 180 valence electrons. The van der Waals surface area contributed by atoms with Crippen LogP contribution >= 0.6 is 0 Å². The van der Waals surface area contributed by atoms with Crippen molar-refractivity contribution < 1.29 is 14.3 Å². The second-order valence-corrected chi connectivity index (χ2v) is 9.82. The SMILES string of the molecule is CC(C)CC(CNC(=O)C(NC(=O)Cc1ccc2ccccc2c1)C(C)C)N1CCOCC1. The van der Waals surface area contributed by atoms with Crippen molar-refractivity contribution in [3.05, 3.63) is 48.0 Å². The Balaban J connectivity index is 1.58. The first-order chi connectivity index (χ1) is 15.8. The van der Waals surface area contributed by atoms with Gasteiger partial charge in [0, 0.05) is 25.7 Å².